The van der Waals surface area contributed by atoms with E-state index in [0.29, 0.717) is 11.1 Å². The van der Waals surface area contributed by atoms with Gasteiger partial charge < -0.3 is 63.4 Å². The SMILES string of the molecule is CC1(C)OC[C@H]2O[C@@H](O[C@H]3[C@H](O)[C@@H](O)[C@H](OCCOCCOCCN4C(=O)c5ccccc5C4=O)O[C@@H]3CO)[C@H](O)[C@@H](O)[C@H]2O1. The van der Waals surface area contributed by atoms with E-state index in [1.165, 1.54) is 0 Å². The molecule has 252 valence electrons. The van der Waals surface area contributed by atoms with Gasteiger partial charge in [0.15, 0.2) is 18.4 Å². The number of fused-ring (bicyclic) bond motifs is 2. The molecule has 16 heteroatoms. The maximum atomic E-state index is 12.4. The maximum Gasteiger partial charge on any atom is 0.261 e. The highest BCUT2D eigenvalue weighted by Gasteiger charge is 2.53. The highest BCUT2D eigenvalue weighted by atomic mass is 16.8. The Morgan fingerprint density at radius 1 is 0.844 bits per heavy atom. The van der Waals surface area contributed by atoms with E-state index in [1.54, 1.807) is 38.1 Å². The Balaban J connectivity index is 0.993. The lowest BCUT2D eigenvalue weighted by Crippen LogP contribution is -2.67. The van der Waals surface area contributed by atoms with Crippen LogP contribution in [0, 0.1) is 0 Å². The highest BCUT2D eigenvalue weighted by Crippen LogP contribution is 2.34. The molecule has 1 aromatic rings. The highest BCUT2D eigenvalue weighted by molar-refractivity contribution is 6.21. The molecule has 0 spiro atoms. The van der Waals surface area contributed by atoms with Crippen LogP contribution in [0.15, 0.2) is 24.3 Å². The van der Waals surface area contributed by atoms with Crippen LogP contribution in [0.3, 0.4) is 0 Å². The van der Waals surface area contributed by atoms with E-state index in [-0.39, 0.29) is 58.0 Å². The molecule has 10 atom stereocenters. The summed E-state index contributed by atoms with van der Waals surface area (Å²) in [5, 5.41) is 52.6. The Bertz CT molecular complexity index is 1130. The Labute approximate surface area is 259 Å². The van der Waals surface area contributed by atoms with E-state index in [0.717, 1.165) is 4.90 Å². The van der Waals surface area contributed by atoms with E-state index in [9.17, 15) is 35.1 Å². The molecule has 1 aromatic carbocycles. The molecule has 0 bridgehead atoms. The second kappa shape index (κ2) is 14.7. The van der Waals surface area contributed by atoms with Gasteiger partial charge in [-0.2, -0.15) is 0 Å². The lowest BCUT2D eigenvalue weighted by atomic mass is 9.96. The van der Waals surface area contributed by atoms with Crippen molar-refractivity contribution in [2.24, 2.45) is 0 Å². The van der Waals surface area contributed by atoms with E-state index < -0.39 is 73.8 Å². The fourth-order valence-electron chi connectivity index (χ4n) is 5.60. The number of aliphatic hydroxyl groups excluding tert-OH is 5. The molecule has 2 amide bonds. The van der Waals surface area contributed by atoms with Crippen molar-refractivity contribution >= 4 is 11.8 Å². The van der Waals surface area contributed by atoms with Crippen LogP contribution in [0.4, 0.5) is 0 Å². The number of imide groups is 1. The van der Waals surface area contributed by atoms with Crippen LogP contribution in [-0.4, -0.2) is 162 Å². The Morgan fingerprint density at radius 2 is 1.47 bits per heavy atom. The van der Waals surface area contributed by atoms with E-state index in [1.807, 2.05) is 0 Å². The second-order valence-corrected chi connectivity index (χ2v) is 11.5. The quantitative estimate of drug-likeness (QED) is 0.114. The lowest BCUT2D eigenvalue weighted by Gasteiger charge is -2.50. The first-order valence-corrected chi connectivity index (χ1v) is 14.9. The largest absolute Gasteiger partial charge is 0.394 e. The predicted octanol–water partition coefficient (Wildman–Crippen LogP) is -2.25. The molecule has 5 rings (SSSR count). The summed E-state index contributed by atoms with van der Waals surface area (Å²) in [5.74, 6) is -1.69. The molecule has 0 aliphatic carbocycles. The van der Waals surface area contributed by atoms with Crippen LogP contribution >= 0.6 is 0 Å². The van der Waals surface area contributed by atoms with Crippen LogP contribution in [0.5, 0.6) is 0 Å². The number of hydrogen-bond acceptors (Lipinski definition) is 15. The number of carbonyl (C=O) groups excluding carboxylic acids is 2. The van der Waals surface area contributed by atoms with Crippen molar-refractivity contribution in [1.82, 2.24) is 4.90 Å². The van der Waals surface area contributed by atoms with Crippen molar-refractivity contribution in [3.05, 3.63) is 35.4 Å². The van der Waals surface area contributed by atoms with Gasteiger partial charge in [-0.25, -0.2) is 0 Å². The van der Waals surface area contributed by atoms with Gasteiger partial charge in [0, 0.05) is 0 Å². The molecule has 4 aliphatic heterocycles. The number of nitrogens with zero attached hydrogens (tertiary/aromatic N) is 1. The number of ether oxygens (including phenoxy) is 8. The molecule has 16 nitrogen and oxygen atoms in total. The average Bonchev–Trinajstić information content (AvgIpc) is 3.26. The summed E-state index contributed by atoms with van der Waals surface area (Å²) in [7, 11) is 0. The van der Waals surface area contributed by atoms with Crippen LogP contribution in [0.2, 0.25) is 0 Å². The number of amides is 2. The molecule has 4 aliphatic rings. The molecule has 45 heavy (non-hydrogen) atoms. The van der Waals surface area contributed by atoms with Gasteiger partial charge in [-0.1, -0.05) is 12.1 Å². The van der Waals surface area contributed by atoms with Gasteiger partial charge in [-0.15, -0.1) is 0 Å². The molecule has 3 saturated heterocycles. The molecular formula is C29H41NO15. The molecule has 0 radical (unpaired) electrons. The third kappa shape index (κ3) is 7.54. The number of aliphatic hydroxyl groups is 5. The molecular weight excluding hydrogens is 602 g/mol. The molecule has 0 unspecified atom stereocenters. The van der Waals surface area contributed by atoms with Gasteiger partial charge in [0.25, 0.3) is 11.8 Å². The van der Waals surface area contributed by atoms with Crippen molar-refractivity contribution in [3.8, 4) is 0 Å². The first kappa shape index (κ1) is 34.2. The Kier molecular flexibility index (Phi) is 11.2. The summed E-state index contributed by atoms with van der Waals surface area (Å²) < 4.78 is 44.8. The fraction of sp³-hybridized carbons (Fsp3) is 0.724. The van der Waals surface area contributed by atoms with Gasteiger partial charge in [0.1, 0.15) is 48.8 Å². The van der Waals surface area contributed by atoms with Gasteiger partial charge in [-0.3, -0.25) is 14.5 Å². The van der Waals surface area contributed by atoms with Crippen molar-refractivity contribution in [1.29, 1.82) is 0 Å². The summed E-state index contributed by atoms with van der Waals surface area (Å²) in [4.78, 5) is 25.9. The van der Waals surface area contributed by atoms with E-state index in [4.69, 9.17) is 37.9 Å². The number of carbonyl (C=O) groups is 2. The molecule has 0 aromatic heterocycles. The van der Waals surface area contributed by atoms with Gasteiger partial charge in [0.2, 0.25) is 0 Å². The third-order valence-corrected chi connectivity index (χ3v) is 7.99. The van der Waals surface area contributed by atoms with Gasteiger partial charge in [0.05, 0.1) is 63.9 Å². The molecule has 5 N–H and O–H groups in total. The van der Waals surface area contributed by atoms with Crippen LogP contribution < -0.4 is 0 Å². The Morgan fingerprint density at radius 3 is 2.13 bits per heavy atom. The number of benzene rings is 1. The lowest BCUT2D eigenvalue weighted by molar-refractivity contribution is -0.398. The number of rotatable bonds is 13. The minimum atomic E-state index is -1.61. The first-order valence-electron chi connectivity index (χ1n) is 14.9. The molecule has 4 heterocycles. The summed E-state index contributed by atoms with van der Waals surface area (Å²) in [6, 6.07) is 6.63. The van der Waals surface area contributed by atoms with Gasteiger partial charge >= 0.3 is 0 Å². The van der Waals surface area contributed by atoms with Crippen LogP contribution in [0.25, 0.3) is 0 Å². The normalized spacial score (nSPS) is 36.2. The zero-order valence-electron chi connectivity index (χ0n) is 25.0. The minimum absolute atomic E-state index is 0.0385. The van der Waals surface area contributed by atoms with Crippen LogP contribution in [-0.2, 0) is 37.9 Å². The monoisotopic (exact) mass is 643 g/mol. The Hall–Kier alpha value is -2.16. The van der Waals surface area contributed by atoms with Crippen LogP contribution in [0.1, 0.15) is 34.6 Å². The van der Waals surface area contributed by atoms with E-state index >= 15 is 0 Å². The van der Waals surface area contributed by atoms with Crippen molar-refractivity contribution in [2.45, 2.75) is 81.0 Å². The summed E-state index contributed by atoms with van der Waals surface area (Å²) in [6.07, 6.45) is -13.1. The zero-order chi connectivity index (χ0) is 32.3. The van der Waals surface area contributed by atoms with E-state index in [2.05, 4.69) is 0 Å². The maximum absolute atomic E-state index is 12.4. The van der Waals surface area contributed by atoms with Gasteiger partial charge in [-0.05, 0) is 26.0 Å². The minimum Gasteiger partial charge on any atom is -0.394 e. The summed E-state index contributed by atoms with van der Waals surface area (Å²) in [6.45, 7) is 3.43. The van der Waals surface area contributed by atoms with Crippen molar-refractivity contribution in [2.75, 3.05) is 52.8 Å². The summed E-state index contributed by atoms with van der Waals surface area (Å²) >= 11 is 0. The number of hydrogen-bond donors (Lipinski definition) is 5. The fourth-order valence-corrected chi connectivity index (χ4v) is 5.60. The summed E-state index contributed by atoms with van der Waals surface area (Å²) in [5.41, 5.74) is 0.756. The third-order valence-electron chi connectivity index (χ3n) is 7.99. The predicted molar refractivity (Wildman–Crippen MR) is 148 cm³/mol. The standard InChI is InChI=1S/C29H41NO15/c1-29(2)41-14-18-24(45-29)20(33)22(35)28(43-18)44-23-17(13-31)42-27(21(34)19(23)32)40-12-11-39-10-9-38-8-7-30-25(36)15-5-3-4-6-16(15)26(30)37/h3-6,17-24,27-28,31-35H,7-14H2,1-2H3/t17-,18-,19-,20-,21-,22-,23-,24+,27-,28+/m1/s1. The topological polar surface area (TPSA) is 212 Å². The van der Waals surface area contributed by atoms with Crippen molar-refractivity contribution < 1.29 is 73.0 Å². The molecule has 0 saturated carbocycles. The first-order chi connectivity index (χ1) is 21.5. The molecule has 3 fully saturated rings. The average molecular weight is 644 g/mol. The van der Waals surface area contributed by atoms with Crippen molar-refractivity contribution in [3.63, 3.8) is 0 Å². The zero-order valence-corrected chi connectivity index (χ0v) is 25.0. The second-order valence-electron chi connectivity index (χ2n) is 11.5. The smallest absolute Gasteiger partial charge is 0.261 e.